The lowest BCUT2D eigenvalue weighted by Crippen LogP contribution is -2.13. The van der Waals surface area contributed by atoms with E-state index in [1.54, 1.807) is 0 Å². The number of hydrogen-bond acceptors (Lipinski definition) is 0. The van der Waals surface area contributed by atoms with Gasteiger partial charge < -0.3 is 0 Å². The number of hydrogen-bond donors (Lipinski definition) is 0. The first-order valence-electron chi connectivity index (χ1n) is 10.5. The molecule has 2 aromatic rings. The van der Waals surface area contributed by atoms with E-state index in [4.69, 9.17) is 0 Å². The Kier molecular flexibility index (Phi) is 6.96. The standard InChI is InChI=1S/C26H32/c1-3-5-21-7-9-23(10-8-21)11-12-24-15-19-26(20-16-24)25-17-13-22(6-4-2)14-18-25/h13-21,23H,3-10H2,1-2H3. The predicted molar refractivity (Wildman–Crippen MR) is 113 cm³/mol. The van der Waals surface area contributed by atoms with Crippen LogP contribution in [0.1, 0.15) is 69.9 Å². The second kappa shape index (κ2) is 9.63. The van der Waals surface area contributed by atoms with Gasteiger partial charge in [0.1, 0.15) is 0 Å². The van der Waals surface area contributed by atoms with Crippen LogP contribution in [0.4, 0.5) is 0 Å². The molecule has 2 aromatic carbocycles. The summed E-state index contributed by atoms with van der Waals surface area (Å²) in [5.41, 5.74) is 5.14. The van der Waals surface area contributed by atoms with Gasteiger partial charge in [-0.05, 0) is 66.8 Å². The Morgan fingerprint density at radius 3 is 1.96 bits per heavy atom. The molecule has 0 bridgehead atoms. The minimum Gasteiger partial charge on any atom is -0.0945 e. The van der Waals surface area contributed by atoms with Crippen molar-refractivity contribution < 1.29 is 0 Å². The van der Waals surface area contributed by atoms with Gasteiger partial charge in [-0.25, -0.2) is 0 Å². The lowest BCUT2D eigenvalue weighted by molar-refractivity contribution is 0.300. The van der Waals surface area contributed by atoms with Gasteiger partial charge in [0.15, 0.2) is 0 Å². The first-order chi connectivity index (χ1) is 12.8. The molecule has 1 aliphatic carbocycles. The van der Waals surface area contributed by atoms with E-state index in [1.807, 2.05) is 0 Å². The summed E-state index contributed by atoms with van der Waals surface area (Å²) in [6.45, 7) is 4.53. The quantitative estimate of drug-likeness (QED) is 0.500. The fourth-order valence-electron chi connectivity index (χ4n) is 4.09. The molecule has 0 saturated heterocycles. The normalized spacial score (nSPS) is 19.6. The number of aryl methyl sites for hydroxylation is 1. The lowest BCUT2D eigenvalue weighted by Gasteiger charge is -2.25. The molecule has 0 nitrogen and oxygen atoms in total. The molecular weight excluding hydrogens is 312 g/mol. The fourth-order valence-corrected chi connectivity index (χ4v) is 4.09. The average Bonchev–Trinajstić information content (AvgIpc) is 2.69. The molecule has 0 amide bonds. The maximum atomic E-state index is 3.53. The summed E-state index contributed by atoms with van der Waals surface area (Å²) in [6.07, 6.45) is 10.4. The van der Waals surface area contributed by atoms with E-state index in [0.717, 1.165) is 17.9 Å². The average molecular weight is 345 g/mol. The van der Waals surface area contributed by atoms with Gasteiger partial charge in [-0.1, -0.05) is 81.3 Å². The van der Waals surface area contributed by atoms with Gasteiger partial charge in [-0.15, -0.1) is 0 Å². The molecule has 0 atom stereocenters. The van der Waals surface area contributed by atoms with E-state index in [-0.39, 0.29) is 0 Å². The fraction of sp³-hybridized carbons (Fsp3) is 0.462. The SMILES string of the molecule is CCCc1ccc(-c2ccc(C#CC3CCC(CCC)CC3)cc2)cc1. The molecule has 0 heterocycles. The third-order valence-corrected chi connectivity index (χ3v) is 5.68. The van der Waals surface area contributed by atoms with Crippen molar-refractivity contribution in [1.29, 1.82) is 0 Å². The summed E-state index contributed by atoms with van der Waals surface area (Å²) in [7, 11) is 0. The summed E-state index contributed by atoms with van der Waals surface area (Å²) in [5, 5.41) is 0. The zero-order valence-corrected chi connectivity index (χ0v) is 16.4. The van der Waals surface area contributed by atoms with E-state index < -0.39 is 0 Å². The summed E-state index contributed by atoms with van der Waals surface area (Å²) < 4.78 is 0. The molecule has 0 aliphatic heterocycles. The van der Waals surface area contributed by atoms with Gasteiger partial charge >= 0.3 is 0 Å². The summed E-state index contributed by atoms with van der Waals surface area (Å²) in [4.78, 5) is 0. The molecule has 136 valence electrons. The second-order valence-electron chi connectivity index (χ2n) is 7.80. The van der Waals surface area contributed by atoms with Gasteiger partial charge in [0, 0.05) is 11.5 Å². The van der Waals surface area contributed by atoms with Crippen molar-refractivity contribution >= 4 is 0 Å². The molecule has 0 unspecified atom stereocenters. The first-order valence-corrected chi connectivity index (χ1v) is 10.5. The van der Waals surface area contributed by atoms with Crippen LogP contribution in [0, 0.1) is 23.7 Å². The van der Waals surface area contributed by atoms with Crippen LogP contribution in [-0.4, -0.2) is 0 Å². The van der Waals surface area contributed by atoms with Gasteiger partial charge in [-0.2, -0.15) is 0 Å². The van der Waals surface area contributed by atoms with E-state index in [2.05, 4.69) is 74.2 Å². The van der Waals surface area contributed by atoms with Gasteiger partial charge in [0.25, 0.3) is 0 Å². The Labute approximate surface area is 160 Å². The molecule has 1 saturated carbocycles. The Morgan fingerprint density at radius 2 is 1.38 bits per heavy atom. The third kappa shape index (κ3) is 5.25. The van der Waals surface area contributed by atoms with Crippen LogP contribution < -0.4 is 0 Å². The van der Waals surface area contributed by atoms with Gasteiger partial charge in [0.05, 0.1) is 0 Å². The van der Waals surface area contributed by atoms with Crippen molar-refractivity contribution in [3.05, 3.63) is 59.7 Å². The summed E-state index contributed by atoms with van der Waals surface area (Å²) in [5.74, 6) is 8.51. The highest BCUT2D eigenvalue weighted by Gasteiger charge is 2.18. The molecule has 1 aliphatic rings. The molecule has 3 rings (SSSR count). The molecule has 26 heavy (non-hydrogen) atoms. The maximum Gasteiger partial charge on any atom is 0.0245 e. The zero-order valence-electron chi connectivity index (χ0n) is 16.4. The topological polar surface area (TPSA) is 0 Å². The molecule has 0 radical (unpaired) electrons. The maximum absolute atomic E-state index is 3.53. The van der Waals surface area contributed by atoms with Crippen LogP contribution >= 0.6 is 0 Å². The predicted octanol–water partition coefficient (Wildman–Crippen LogP) is 7.26. The van der Waals surface area contributed by atoms with Crippen LogP contribution in [0.2, 0.25) is 0 Å². The Bertz CT molecular complexity index is 716. The van der Waals surface area contributed by atoms with E-state index in [1.165, 1.54) is 61.6 Å². The van der Waals surface area contributed by atoms with Crippen LogP contribution in [0.3, 0.4) is 0 Å². The molecular formula is C26H32. The largest absolute Gasteiger partial charge is 0.0945 e. The van der Waals surface area contributed by atoms with E-state index >= 15 is 0 Å². The molecule has 0 aromatic heterocycles. The van der Waals surface area contributed by atoms with Crippen LogP contribution in [0.5, 0.6) is 0 Å². The summed E-state index contributed by atoms with van der Waals surface area (Å²) in [6, 6.07) is 17.7. The van der Waals surface area contributed by atoms with Gasteiger partial charge in [0.2, 0.25) is 0 Å². The molecule has 1 fully saturated rings. The van der Waals surface area contributed by atoms with E-state index in [9.17, 15) is 0 Å². The van der Waals surface area contributed by atoms with Crippen LogP contribution in [0.15, 0.2) is 48.5 Å². The minimum absolute atomic E-state index is 0.605. The van der Waals surface area contributed by atoms with E-state index in [0.29, 0.717) is 5.92 Å². The summed E-state index contributed by atoms with van der Waals surface area (Å²) >= 11 is 0. The highest BCUT2D eigenvalue weighted by Crippen LogP contribution is 2.31. The van der Waals surface area contributed by atoms with Crippen molar-refractivity contribution in [2.75, 3.05) is 0 Å². The lowest BCUT2D eigenvalue weighted by atomic mass is 9.80. The molecule has 0 N–H and O–H groups in total. The minimum atomic E-state index is 0.605. The number of rotatable bonds is 5. The van der Waals surface area contributed by atoms with Crippen molar-refractivity contribution in [2.24, 2.45) is 11.8 Å². The Hall–Kier alpha value is -2.00. The third-order valence-electron chi connectivity index (χ3n) is 5.68. The molecule has 0 spiro atoms. The Balaban J connectivity index is 1.58. The highest BCUT2D eigenvalue weighted by molar-refractivity contribution is 5.64. The second-order valence-corrected chi connectivity index (χ2v) is 7.80. The van der Waals surface area contributed by atoms with Crippen molar-refractivity contribution in [1.82, 2.24) is 0 Å². The van der Waals surface area contributed by atoms with Crippen molar-refractivity contribution in [3.8, 4) is 23.0 Å². The first kappa shape index (κ1) is 18.8. The van der Waals surface area contributed by atoms with Crippen molar-refractivity contribution in [3.63, 3.8) is 0 Å². The molecule has 0 heteroatoms. The smallest absolute Gasteiger partial charge is 0.0245 e. The highest BCUT2D eigenvalue weighted by atomic mass is 14.2. The van der Waals surface area contributed by atoms with Gasteiger partial charge in [-0.3, -0.25) is 0 Å². The van der Waals surface area contributed by atoms with Crippen molar-refractivity contribution in [2.45, 2.75) is 65.2 Å². The van der Waals surface area contributed by atoms with Crippen LogP contribution in [-0.2, 0) is 6.42 Å². The Morgan fingerprint density at radius 1 is 0.769 bits per heavy atom. The monoisotopic (exact) mass is 344 g/mol. The van der Waals surface area contributed by atoms with Crippen LogP contribution in [0.25, 0.3) is 11.1 Å². The number of benzene rings is 2. The zero-order chi connectivity index (χ0) is 18.2.